The van der Waals surface area contributed by atoms with Gasteiger partial charge in [0, 0.05) is 44.7 Å². The Balaban J connectivity index is 1.61. The number of benzene rings is 4. The lowest BCUT2D eigenvalue weighted by atomic mass is 10.0. The van der Waals surface area contributed by atoms with Crippen molar-refractivity contribution in [1.29, 1.82) is 0 Å². The van der Waals surface area contributed by atoms with Gasteiger partial charge in [-0.3, -0.25) is 0 Å². The van der Waals surface area contributed by atoms with Gasteiger partial charge in [0.15, 0.2) is 0 Å². The summed E-state index contributed by atoms with van der Waals surface area (Å²) in [5.41, 5.74) is 6.71. The van der Waals surface area contributed by atoms with Crippen LogP contribution in [0.15, 0.2) is 72.8 Å². The van der Waals surface area contributed by atoms with E-state index in [-0.39, 0.29) is 0 Å². The second-order valence-electron chi connectivity index (χ2n) is 6.70. The molecule has 2 radical (unpaired) electrons. The third-order valence-corrected chi connectivity index (χ3v) is 5.17. The summed E-state index contributed by atoms with van der Waals surface area (Å²) >= 11 is 0. The van der Waals surface area contributed by atoms with Gasteiger partial charge in [0.25, 0.3) is 0 Å². The van der Waals surface area contributed by atoms with Gasteiger partial charge in [-0.1, -0.05) is 36.4 Å². The standard InChI is InChI=1S/C24H14N2/c1-3-7-21-17(5-1)19-13-15(9-11-23(19)25-21)16-10-12-24-20(14-16)18-6-2-4-8-22(18)26-24/h1-10,13-14,25-26H. The summed E-state index contributed by atoms with van der Waals surface area (Å²) in [6, 6.07) is 32.2. The van der Waals surface area contributed by atoms with Crippen molar-refractivity contribution >= 4 is 43.6 Å². The van der Waals surface area contributed by atoms with E-state index in [0.717, 1.165) is 33.2 Å². The molecule has 0 aliphatic rings. The molecule has 0 saturated heterocycles. The number of hydrogen-bond acceptors (Lipinski definition) is 0. The zero-order chi connectivity index (χ0) is 17.1. The van der Waals surface area contributed by atoms with Gasteiger partial charge in [-0.15, -0.1) is 0 Å². The second kappa shape index (κ2) is 4.99. The maximum Gasteiger partial charge on any atom is 0.0545 e. The molecule has 2 heteroatoms. The molecule has 0 atom stereocenters. The van der Waals surface area contributed by atoms with Crippen molar-refractivity contribution in [3.8, 4) is 11.1 Å². The van der Waals surface area contributed by atoms with Gasteiger partial charge in [-0.05, 0) is 47.5 Å². The second-order valence-corrected chi connectivity index (χ2v) is 6.70. The van der Waals surface area contributed by atoms with Crippen molar-refractivity contribution in [2.24, 2.45) is 0 Å². The van der Waals surface area contributed by atoms with Crippen LogP contribution in [0.1, 0.15) is 0 Å². The Morgan fingerprint density at radius 3 is 1.50 bits per heavy atom. The minimum atomic E-state index is 1.05. The van der Waals surface area contributed by atoms with E-state index in [1.807, 2.05) is 0 Å². The highest BCUT2D eigenvalue weighted by Gasteiger charge is 2.09. The number of hydrogen-bond donors (Lipinski definition) is 2. The first-order valence-electron chi connectivity index (χ1n) is 8.71. The van der Waals surface area contributed by atoms with Crippen LogP contribution in [0.5, 0.6) is 0 Å². The largest absolute Gasteiger partial charge is 0.354 e. The molecule has 2 aromatic heterocycles. The fraction of sp³-hybridized carbons (Fsp3) is 0. The van der Waals surface area contributed by atoms with Crippen LogP contribution >= 0.6 is 0 Å². The number of H-pyrrole nitrogens is 2. The van der Waals surface area contributed by atoms with Gasteiger partial charge in [0.05, 0.1) is 11.0 Å². The Morgan fingerprint density at radius 1 is 0.538 bits per heavy atom. The van der Waals surface area contributed by atoms with Gasteiger partial charge in [0.2, 0.25) is 0 Å². The molecule has 0 spiro atoms. The molecule has 2 N–H and O–H groups in total. The van der Waals surface area contributed by atoms with E-state index in [2.05, 4.69) is 94.9 Å². The predicted molar refractivity (Wildman–Crippen MR) is 108 cm³/mol. The van der Waals surface area contributed by atoms with E-state index < -0.39 is 0 Å². The van der Waals surface area contributed by atoms with Gasteiger partial charge in [-0.25, -0.2) is 0 Å². The Bertz CT molecular complexity index is 1320. The number of aromatic nitrogens is 2. The average molecular weight is 330 g/mol. The third kappa shape index (κ3) is 1.87. The summed E-state index contributed by atoms with van der Waals surface area (Å²) < 4.78 is 0. The molecule has 6 aromatic rings. The number of aromatic amines is 2. The van der Waals surface area contributed by atoms with E-state index >= 15 is 0 Å². The molecule has 0 saturated carbocycles. The summed E-state index contributed by atoms with van der Waals surface area (Å²) in [7, 11) is 0. The van der Waals surface area contributed by atoms with Crippen LogP contribution < -0.4 is 0 Å². The van der Waals surface area contributed by atoms with Crippen molar-refractivity contribution < 1.29 is 0 Å². The summed E-state index contributed by atoms with van der Waals surface area (Å²) in [6.45, 7) is 0. The highest BCUT2D eigenvalue weighted by Crippen LogP contribution is 2.32. The van der Waals surface area contributed by atoms with Gasteiger partial charge < -0.3 is 9.97 Å². The van der Waals surface area contributed by atoms with Crippen molar-refractivity contribution in [1.82, 2.24) is 9.97 Å². The van der Waals surface area contributed by atoms with Crippen molar-refractivity contribution in [2.45, 2.75) is 0 Å². The van der Waals surface area contributed by atoms with Crippen molar-refractivity contribution in [3.63, 3.8) is 0 Å². The maximum absolute atomic E-state index is 3.44. The third-order valence-electron chi connectivity index (χ3n) is 5.17. The van der Waals surface area contributed by atoms with Crippen LogP contribution in [-0.2, 0) is 0 Å². The quantitative estimate of drug-likeness (QED) is 0.358. The van der Waals surface area contributed by atoms with Crippen molar-refractivity contribution in [3.05, 3.63) is 84.9 Å². The Hall–Kier alpha value is -3.52. The lowest BCUT2D eigenvalue weighted by Gasteiger charge is -2.03. The molecular weight excluding hydrogens is 316 g/mol. The number of fused-ring (bicyclic) bond motifs is 6. The zero-order valence-electron chi connectivity index (χ0n) is 13.9. The number of nitrogens with one attached hydrogen (secondary N) is 2. The average Bonchev–Trinajstić information content (AvgIpc) is 3.25. The van der Waals surface area contributed by atoms with Crippen LogP contribution in [0.3, 0.4) is 0 Å². The molecular formula is C24H14N2. The smallest absolute Gasteiger partial charge is 0.0545 e. The minimum absolute atomic E-state index is 1.05. The molecule has 0 amide bonds. The highest BCUT2D eigenvalue weighted by molar-refractivity contribution is 6.10. The first-order valence-corrected chi connectivity index (χ1v) is 8.71. The molecule has 2 nitrogen and oxygen atoms in total. The maximum atomic E-state index is 3.44. The van der Waals surface area contributed by atoms with Gasteiger partial charge in [0.1, 0.15) is 0 Å². The Kier molecular flexibility index (Phi) is 2.64. The zero-order valence-corrected chi connectivity index (χ0v) is 13.9. The van der Waals surface area contributed by atoms with Crippen LogP contribution in [0, 0.1) is 12.1 Å². The fourth-order valence-corrected chi connectivity index (χ4v) is 3.88. The lowest BCUT2D eigenvalue weighted by molar-refractivity contribution is 1.53. The van der Waals surface area contributed by atoms with Crippen LogP contribution in [-0.4, -0.2) is 9.97 Å². The lowest BCUT2D eigenvalue weighted by Crippen LogP contribution is -1.79. The number of rotatable bonds is 1. The van der Waals surface area contributed by atoms with E-state index in [1.165, 1.54) is 21.5 Å². The minimum Gasteiger partial charge on any atom is -0.354 e. The predicted octanol–water partition coefficient (Wildman–Crippen LogP) is 6.22. The molecule has 2 heterocycles. The van der Waals surface area contributed by atoms with Crippen LogP contribution in [0.2, 0.25) is 0 Å². The highest BCUT2D eigenvalue weighted by atomic mass is 14.7. The normalized spacial score (nSPS) is 11.8. The van der Waals surface area contributed by atoms with Crippen molar-refractivity contribution in [2.75, 3.05) is 0 Å². The van der Waals surface area contributed by atoms with Gasteiger partial charge >= 0.3 is 0 Å². The molecule has 0 aliphatic carbocycles. The van der Waals surface area contributed by atoms with Gasteiger partial charge in [-0.2, -0.15) is 0 Å². The van der Waals surface area contributed by atoms with Crippen LogP contribution in [0.4, 0.5) is 0 Å². The molecule has 0 unspecified atom stereocenters. The van der Waals surface area contributed by atoms with Crippen LogP contribution in [0.25, 0.3) is 54.7 Å². The van der Waals surface area contributed by atoms with E-state index in [1.54, 1.807) is 0 Å². The molecule has 0 bridgehead atoms. The molecule has 0 fully saturated rings. The Labute approximate surface area is 150 Å². The summed E-state index contributed by atoms with van der Waals surface area (Å²) in [4.78, 5) is 6.88. The number of para-hydroxylation sites is 2. The molecule has 0 aliphatic heterocycles. The topological polar surface area (TPSA) is 31.6 Å². The first-order chi connectivity index (χ1) is 12.9. The SMILES string of the molecule is [c]1cc(-c2c[c]c3[nH]c4ccccc4c3c2)cc2c1[nH]c1ccccc12. The summed E-state index contributed by atoms with van der Waals surface area (Å²) in [6.07, 6.45) is 0. The summed E-state index contributed by atoms with van der Waals surface area (Å²) in [5, 5.41) is 4.88. The fourth-order valence-electron chi connectivity index (χ4n) is 3.88. The molecule has 4 aromatic carbocycles. The van der Waals surface area contributed by atoms with E-state index in [0.29, 0.717) is 0 Å². The molecule has 120 valence electrons. The monoisotopic (exact) mass is 330 g/mol. The Morgan fingerprint density at radius 2 is 1.00 bits per heavy atom. The van der Waals surface area contributed by atoms with E-state index in [9.17, 15) is 0 Å². The first kappa shape index (κ1) is 13.7. The summed E-state index contributed by atoms with van der Waals surface area (Å²) in [5.74, 6) is 0. The molecule has 26 heavy (non-hydrogen) atoms. The molecule has 6 rings (SSSR count). The van der Waals surface area contributed by atoms with E-state index in [4.69, 9.17) is 0 Å².